The first kappa shape index (κ1) is 13.2. The van der Waals surface area contributed by atoms with Crippen LogP contribution in [0.3, 0.4) is 0 Å². The third-order valence-electron chi connectivity index (χ3n) is 2.54. The molecule has 6 nitrogen and oxygen atoms in total. The predicted molar refractivity (Wildman–Crippen MR) is 63.1 cm³/mol. The van der Waals surface area contributed by atoms with Gasteiger partial charge in [-0.3, -0.25) is 0 Å². The highest BCUT2D eigenvalue weighted by molar-refractivity contribution is 5.87. The first-order chi connectivity index (χ1) is 9.16. The second kappa shape index (κ2) is 6.05. The van der Waals surface area contributed by atoms with Crippen LogP contribution in [-0.4, -0.2) is 27.8 Å². The summed E-state index contributed by atoms with van der Waals surface area (Å²) in [4.78, 5) is 14.6. The van der Waals surface area contributed by atoms with Gasteiger partial charge in [0.05, 0.1) is 5.56 Å². The number of aromatic carboxylic acids is 1. The Bertz CT molecular complexity index is 557. The second-order valence-corrected chi connectivity index (χ2v) is 3.89. The Labute approximate surface area is 108 Å². The monoisotopic (exact) mass is 265 g/mol. The average molecular weight is 265 g/mol. The van der Waals surface area contributed by atoms with E-state index in [0.29, 0.717) is 24.4 Å². The van der Waals surface area contributed by atoms with E-state index in [4.69, 9.17) is 5.11 Å². The molecule has 2 rings (SSSR count). The predicted octanol–water partition coefficient (Wildman–Crippen LogP) is 1.24. The van der Waals surface area contributed by atoms with E-state index in [9.17, 15) is 9.18 Å². The third-order valence-corrected chi connectivity index (χ3v) is 2.54. The zero-order chi connectivity index (χ0) is 13.7. The maximum atomic E-state index is 13.5. The number of carboxylic acids is 1. The summed E-state index contributed by atoms with van der Waals surface area (Å²) in [5.74, 6) is -0.947. The summed E-state index contributed by atoms with van der Waals surface area (Å²) in [6, 6.07) is 3.71. The van der Waals surface area contributed by atoms with Gasteiger partial charge in [0.2, 0.25) is 6.39 Å². The Balaban J connectivity index is 1.88. The number of rotatable bonds is 6. The lowest BCUT2D eigenvalue weighted by molar-refractivity contribution is 0.0696. The molecule has 0 aliphatic rings. The molecule has 0 atom stereocenters. The molecule has 2 N–H and O–H groups in total. The minimum atomic E-state index is -1.08. The Morgan fingerprint density at radius 1 is 1.47 bits per heavy atom. The SMILES string of the molecule is O=C(O)c1ccc(F)c(CNCCc2ncon2)c1. The fraction of sp³-hybridized carbons (Fsp3) is 0.250. The number of nitrogens with one attached hydrogen (secondary N) is 1. The lowest BCUT2D eigenvalue weighted by Gasteiger charge is -2.06. The number of benzene rings is 1. The fourth-order valence-electron chi connectivity index (χ4n) is 1.57. The summed E-state index contributed by atoms with van der Waals surface area (Å²) in [6.45, 7) is 0.779. The van der Waals surface area contributed by atoms with E-state index in [1.165, 1.54) is 18.5 Å². The van der Waals surface area contributed by atoms with Crippen molar-refractivity contribution in [1.82, 2.24) is 15.5 Å². The Hall–Kier alpha value is -2.28. The summed E-state index contributed by atoms with van der Waals surface area (Å²) in [7, 11) is 0. The Morgan fingerprint density at radius 3 is 3.00 bits per heavy atom. The molecule has 19 heavy (non-hydrogen) atoms. The van der Waals surface area contributed by atoms with Gasteiger partial charge in [-0.05, 0) is 18.2 Å². The van der Waals surface area contributed by atoms with Crippen molar-refractivity contribution in [2.24, 2.45) is 0 Å². The van der Waals surface area contributed by atoms with Gasteiger partial charge in [0, 0.05) is 25.1 Å². The third kappa shape index (κ3) is 3.59. The lowest BCUT2D eigenvalue weighted by atomic mass is 10.1. The molecule has 2 aromatic rings. The molecule has 0 spiro atoms. The first-order valence-electron chi connectivity index (χ1n) is 5.64. The number of carboxylic acid groups (broad SMARTS) is 1. The number of carbonyl (C=O) groups is 1. The minimum Gasteiger partial charge on any atom is -0.478 e. The maximum absolute atomic E-state index is 13.5. The Kier molecular flexibility index (Phi) is 4.19. The molecule has 0 aliphatic heterocycles. The zero-order valence-corrected chi connectivity index (χ0v) is 9.97. The standard InChI is InChI=1S/C12H12FN3O3/c13-10-2-1-8(12(17)18)5-9(10)6-14-4-3-11-15-7-19-16-11/h1-2,5,7,14H,3-4,6H2,(H,17,18). The molecule has 0 saturated heterocycles. The summed E-state index contributed by atoms with van der Waals surface area (Å²) in [6.07, 6.45) is 1.79. The lowest BCUT2D eigenvalue weighted by Crippen LogP contribution is -2.18. The summed E-state index contributed by atoms with van der Waals surface area (Å²) < 4.78 is 18.0. The summed E-state index contributed by atoms with van der Waals surface area (Å²) in [5, 5.41) is 15.5. The van der Waals surface area contributed by atoms with Crippen molar-refractivity contribution in [3.8, 4) is 0 Å². The molecule has 0 aliphatic carbocycles. The van der Waals surface area contributed by atoms with Crippen molar-refractivity contribution in [1.29, 1.82) is 0 Å². The van der Waals surface area contributed by atoms with Crippen LogP contribution in [0.15, 0.2) is 29.1 Å². The van der Waals surface area contributed by atoms with Crippen molar-refractivity contribution >= 4 is 5.97 Å². The molecule has 0 unspecified atom stereocenters. The maximum Gasteiger partial charge on any atom is 0.335 e. The number of aromatic nitrogens is 2. The van der Waals surface area contributed by atoms with Gasteiger partial charge in [0.25, 0.3) is 0 Å². The van der Waals surface area contributed by atoms with Gasteiger partial charge >= 0.3 is 5.97 Å². The van der Waals surface area contributed by atoms with E-state index < -0.39 is 11.8 Å². The quantitative estimate of drug-likeness (QED) is 0.764. The number of nitrogens with zero attached hydrogens (tertiary/aromatic N) is 2. The molecule has 0 amide bonds. The van der Waals surface area contributed by atoms with Gasteiger partial charge in [-0.1, -0.05) is 5.16 Å². The Morgan fingerprint density at radius 2 is 2.32 bits per heavy atom. The molecule has 0 saturated carbocycles. The molecule has 1 aromatic carbocycles. The van der Waals surface area contributed by atoms with Crippen LogP contribution < -0.4 is 5.32 Å². The highest BCUT2D eigenvalue weighted by Crippen LogP contribution is 2.10. The van der Waals surface area contributed by atoms with Crippen LogP contribution in [0.2, 0.25) is 0 Å². The van der Waals surface area contributed by atoms with Crippen LogP contribution in [0.5, 0.6) is 0 Å². The largest absolute Gasteiger partial charge is 0.478 e. The van der Waals surface area contributed by atoms with Crippen molar-refractivity contribution in [3.05, 3.63) is 47.4 Å². The second-order valence-electron chi connectivity index (χ2n) is 3.89. The van der Waals surface area contributed by atoms with Gasteiger partial charge in [-0.15, -0.1) is 0 Å². The van der Waals surface area contributed by atoms with Crippen molar-refractivity contribution in [2.75, 3.05) is 6.54 Å². The van der Waals surface area contributed by atoms with Gasteiger partial charge in [0.15, 0.2) is 5.82 Å². The van der Waals surface area contributed by atoms with E-state index in [1.807, 2.05) is 0 Å². The van der Waals surface area contributed by atoms with Gasteiger partial charge in [-0.25, -0.2) is 9.18 Å². The van der Waals surface area contributed by atoms with Crippen LogP contribution in [0.4, 0.5) is 4.39 Å². The van der Waals surface area contributed by atoms with Crippen molar-refractivity contribution in [2.45, 2.75) is 13.0 Å². The van der Waals surface area contributed by atoms with E-state index in [2.05, 4.69) is 20.0 Å². The molecule has 1 heterocycles. The molecule has 0 bridgehead atoms. The van der Waals surface area contributed by atoms with Crippen LogP contribution >= 0.6 is 0 Å². The molecule has 1 aromatic heterocycles. The number of hydrogen-bond acceptors (Lipinski definition) is 5. The highest BCUT2D eigenvalue weighted by Gasteiger charge is 2.08. The van der Waals surface area contributed by atoms with E-state index in [1.54, 1.807) is 0 Å². The highest BCUT2D eigenvalue weighted by atomic mass is 19.1. The minimum absolute atomic E-state index is 0.0661. The molecule has 100 valence electrons. The van der Waals surface area contributed by atoms with Gasteiger partial charge in [0.1, 0.15) is 5.82 Å². The number of hydrogen-bond donors (Lipinski definition) is 2. The van der Waals surface area contributed by atoms with Crippen LogP contribution in [0, 0.1) is 5.82 Å². The molecular weight excluding hydrogens is 253 g/mol. The van der Waals surface area contributed by atoms with E-state index in [-0.39, 0.29) is 12.1 Å². The normalized spacial score (nSPS) is 10.6. The first-order valence-corrected chi connectivity index (χ1v) is 5.64. The molecular formula is C12H12FN3O3. The number of halogens is 1. The van der Waals surface area contributed by atoms with Gasteiger partial charge < -0.3 is 14.9 Å². The smallest absolute Gasteiger partial charge is 0.335 e. The van der Waals surface area contributed by atoms with Crippen LogP contribution in [0.25, 0.3) is 0 Å². The zero-order valence-electron chi connectivity index (χ0n) is 9.97. The fourth-order valence-corrected chi connectivity index (χ4v) is 1.57. The van der Waals surface area contributed by atoms with Crippen molar-refractivity contribution in [3.63, 3.8) is 0 Å². The molecule has 0 fully saturated rings. The van der Waals surface area contributed by atoms with Crippen LogP contribution in [-0.2, 0) is 13.0 Å². The average Bonchev–Trinajstić information content (AvgIpc) is 2.89. The van der Waals surface area contributed by atoms with Crippen molar-refractivity contribution < 1.29 is 18.8 Å². The summed E-state index contributed by atoms with van der Waals surface area (Å²) in [5.41, 5.74) is 0.379. The van der Waals surface area contributed by atoms with Gasteiger partial charge in [-0.2, -0.15) is 4.98 Å². The topological polar surface area (TPSA) is 88.2 Å². The molecule has 7 heteroatoms. The molecule has 0 radical (unpaired) electrons. The van der Waals surface area contributed by atoms with Crippen LogP contribution in [0.1, 0.15) is 21.7 Å². The summed E-state index contributed by atoms with van der Waals surface area (Å²) >= 11 is 0. The van der Waals surface area contributed by atoms with E-state index in [0.717, 1.165) is 6.07 Å². The van der Waals surface area contributed by atoms with E-state index >= 15 is 0 Å².